The average molecular weight is 442 g/mol. The van der Waals surface area contributed by atoms with Crippen LogP contribution in [0.4, 0.5) is 18.9 Å². The van der Waals surface area contributed by atoms with Crippen LogP contribution in [-0.4, -0.2) is 29.3 Å². The van der Waals surface area contributed by atoms with E-state index in [0.29, 0.717) is 13.0 Å². The minimum absolute atomic E-state index is 0.0834. The van der Waals surface area contributed by atoms with Crippen LogP contribution in [0.1, 0.15) is 30.0 Å². The lowest BCUT2D eigenvalue weighted by Gasteiger charge is -2.22. The Kier molecular flexibility index (Phi) is 6.37. The molecule has 0 amide bonds. The number of aromatic nitrogens is 1. The number of aryl methyl sites for hydroxylation is 1. The molecule has 1 N–H and O–H groups in total. The predicted octanol–water partition coefficient (Wildman–Crippen LogP) is 5.48. The van der Waals surface area contributed by atoms with Crippen LogP contribution in [0.5, 0.6) is 5.88 Å². The number of pyridine rings is 1. The summed E-state index contributed by atoms with van der Waals surface area (Å²) in [7, 11) is 0. The molecule has 1 saturated heterocycles. The summed E-state index contributed by atoms with van der Waals surface area (Å²) in [4.78, 5) is 5.94. The first kappa shape index (κ1) is 22.1. The van der Waals surface area contributed by atoms with Crippen molar-refractivity contribution in [3.05, 3.63) is 77.5 Å². The van der Waals surface area contributed by atoms with Gasteiger partial charge in [0.2, 0.25) is 5.88 Å². The van der Waals surface area contributed by atoms with Gasteiger partial charge in [-0.2, -0.15) is 13.2 Å². The van der Waals surface area contributed by atoms with Gasteiger partial charge in [-0.05, 0) is 41.3 Å². The number of rotatable bonds is 6. The third kappa shape index (κ3) is 4.72. The first-order chi connectivity index (χ1) is 15.4. The average Bonchev–Trinajstić information content (AvgIpc) is 3.26. The number of alkyl halides is 3. The molecular weight excluding hydrogens is 417 g/mol. The Balaban J connectivity index is 1.48. The molecule has 2 heterocycles. The van der Waals surface area contributed by atoms with Crippen molar-refractivity contribution >= 4 is 5.69 Å². The molecule has 1 fully saturated rings. The van der Waals surface area contributed by atoms with Crippen LogP contribution >= 0.6 is 0 Å². The Morgan fingerprint density at radius 3 is 2.59 bits per heavy atom. The number of aliphatic hydroxyl groups excluding tert-OH is 1. The Hall–Kier alpha value is -3.06. The fourth-order valence-electron chi connectivity index (χ4n) is 4.13. The first-order valence-electron chi connectivity index (χ1n) is 10.7. The van der Waals surface area contributed by atoms with Gasteiger partial charge in [-0.15, -0.1) is 0 Å². The van der Waals surface area contributed by atoms with Crippen LogP contribution in [-0.2, 0) is 19.2 Å². The quantitative estimate of drug-likeness (QED) is 0.549. The van der Waals surface area contributed by atoms with Crippen LogP contribution in [0.3, 0.4) is 0 Å². The van der Waals surface area contributed by atoms with E-state index in [-0.39, 0.29) is 18.6 Å². The second-order valence-electron chi connectivity index (χ2n) is 7.87. The zero-order chi connectivity index (χ0) is 22.7. The Morgan fingerprint density at radius 2 is 1.91 bits per heavy atom. The third-order valence-electron chi connectivity index (χ3n) is 5.80. The SMILES string of the molecule is CCc1ccccc1-c1ccc(N2CCC(Oc3ccc(C(F)(F)F)cn3)C2)c(CO)c1. The van der Waals surface area contributed by atoms with Gasteiger partial charge in [0, 0.05) is 36.5 Å². The molecule has 2 aromatic carbocycles. The second-order valence-corrected chi connectivity index (χ2v) is 7.87. The van der Waals surface area contributed by atoms with Gasteiger partial charge in [0.15, 0.2) is 0 Å². The van der Waals surface area contributed by atoms with Gasteiger partial charge in [-0.1, -0.05) is 37.3 Å². The van der Waals surface area contributed by atoms with Gasteiger partial charge in [0.05, 0.1) is 18.7 Å². The van der Waals surface area contributed by atoms with E-state index in [2.05, 4.69) is 35.0 Å². The zero-order valence-electron chi connectivity index (χ0n) is 17.8. The molecule has 7 heteroatoms. The fraction of sp³-hybridized carbons (Fsp3) is 0.320. The van der Waals surface area contributed by atoms with Gasteiger partial charge >= 0.3 is 6.18 Å². The third-order valence-corrected chi connectivity index (χ3v) is 5.80. The molecule has 0 saturated carbocycles. The summed E-state index contributed by atoms with van der Waals surface area (Å²) < 4.78 is 43.9. The van der Waals surface area contributed by atoms with E-state index in [9.17, 15) is 18.3 Å². The molecule has 1 unspecified atom stereocenters. The van der Waals surface area contributed by atoms with Crippen LogP contribution < -0.4 is 9.64 Å². The molecule has 0 aliphatic carbocycles. The summed E-state index contributed by atoms with van der Waals surface area (Å²) in [6.07, 6.45) is -2.17. The summed E-state index contributed by atoms with van der Waals surface area (Å²) in [6, 6.07) is 16.6. The highest BCUT2D eigenvalue weighted by atomic mass is 19.4. The van der Waals surface area contributed by atoms with E-state index in [1.807, 2.05) is 24.3 Å². The largest absolute Gasteiger partial charge is 0.472 e. The smallest absolute Gasteiger partial charge is 0.417 e. The van der Waals surface area contributed by atoms with E-state index in [4.69, 9.17) is 4.74 Å². The van der Waals surface area contributed by atoms with Crippen molar-refractivity contribution in [1.82, 2.24) is 4.98 Å². The molecule has 0 radical (unpaired) electrons. The minimum Gasteiger partial charge on any atom is -0.472 e. The number of benzene rings is 2. The van der Waals surface area contributed by atoms with Crippen molar-refractivity contribution in [2.45, 2.75) is 38.7 Å². The van der Waals surface area contributed by atoms with Gasteiger partial charge in [0.1, 0.15) is 6.10 Å². The number of hydrogen-bond acceptors (Lipinski definition) is 4. The molecule has 0 bridgehead atoms. The Labute approximate surface area is 185 Å². The summed E-state index contributed by atoms with van der Waals surface area (Å²) in [5, 5.41) is 10.0. The topological polar surface area (TPSA) is 45.6 Å². The van der Waals surface area contributed by atoms with Crippen molar-refractivity contribution in [2.24, 2.45) is 0 Å². The maximum absolute atomic E-state index is 12.7. The second kappa shape index (κ2) is 9.20. The van der Waals surface area contributed by atoms with Gasteiger partial charge in [-0.25, -0.2) is 4.98 Å². The highest BCUT2D eigenvalue weighted by Gasteiger charge is 2.31. The molecule has 32 heavy (non-hydrogen) atoms. The standard InChI is InChI=1S/C25H25F3N2O2/c1-2-17-5-3-4-6-22(17)18-7-9-23(19(13-18)16-31)30-12-11-21(15-30)32-24-10-8-20(14-29-24)25(26,27)28/h3-10,13-14,21,31H,2,11-12,15-16H2,1H3. The lowest BCUT2D eigenvalue weighted by Crippen LogP contribution is -2.25. The predicted molar refractivity (Wildman–Crippen MR) is 118 cm³/mol. The maximum atomic E-state index is 12.7. The lowest BCUT2D eigenvalue weighted by molar-refractivity contribution is -0.137. The highest BCUT2D eigenvalue weighted by molar-refractivity contribution is 5.72. The number of aliphatic hydroxyl groups is 1. The normalized spacial score (nSPS) is 16.4. The van der Waals surface area contributed by atoms with Crippen molar-refractivity contribution in [3.63, 3.8) is 0 Å². The van der Waals surface area contributed by atoms with Crippen molar-refractivity contribution in [1.29, 1.82) is 0 Å². The molecule has 1 aliphatic heterocycles. The molecule has 1 aromatic heterocycles. The van der Waals surface area contributed by atoms with Crippen LogP contribution in [0.2, 0.25) is 0 Å². The lowest BCUT2D eigenvalue weighted by atomic mass is 9.96. The number of hydrogen-bond donors (Lipinski definition) is 1. The van der Waals surface area contributed by atoms with Crippen molar-refractivity contribution in [3.8, 4) is 17.0 Å². The number of anilines is 1. The van der Waals surface area contributed by atoms with Crippen LogP contribution in [0, 0.1) is 0 Å². The number of ether oxygens (including phenoxy) is 1. The maximum Gasteiger partial charge on any atom is 0.417 e. The molecular formula is C25H25F3N2O2. The summed E-state index contributed by atoms with van der Waals surface area (Å²) in [5.41, 5.74) is 4.46. The molecule has 168 valence electrons. The molecule has 0 spiro atoms. The number of halogens is 3. The van der Waals surface area contributed by atoms with Crippen molar-refractivity contribution < 1.29 is 23.0 Å². The van der Waals surface area contributed by atoms with E-state index in [1.54, 1.807) is 0 Å². The summed E-state index contributed by atoms with van der Waals surface area (Å²) in [5.74, 6) is 0.179. The van der Waals surface area contributed by atoms with Crippen LogP contribution in [0.25, 0.3) is 11.1 Å². The Morgan fingerprint density at radius 1 is 1.09 bits per heavy atom. The molecule has 4 rings (SSSR count). The van der Waals surface area contributed by atoms with Gasteiger partial charge in [-0.3, -0.25) is 0 Å². The minimum atomic E-state index is -4.42. The summed E-state index contributed by atoms with van der Waals surface area (Å²) in [6.45, 7) is 3.33. The molecule has 1 aliphatic rings. The van der Waals surface area contributed by atoms with Crippen LogP contribution in [0.15, 0.2) is 60.8 Å². The van der Waals surface area contributed by atoms with Gasteiger partial charge in [0.25, 0.3) is 0 Å². The summed E-state index contributed by atoms with van der Waals surface area (Å²) >= 11 is 0. The van der Waals surface area contributed by atoms with Gasteiger partial charge < -0.3 is 14.7 Å². The van der Waals surface area contributed by atoms with E-state index < -0.39 is 11.7 Å². The molecule has 3 aromatic rings. The highest BCUT2D eigenvalue weighted by Crippen LogP contribution is 2.33. The monoisotopic (exact) mass is 442 g/mol. The fourth-order valence-corrected chi connectivity index (χ4v) is 4.13. The Bertz CT molecular complexity index is 1070. The van der Waals surface area contributed by atoms with E-state index in [0.717, 1.165) is 47.6 Å². The van der Waals surface area contributed by atoms with Crippen molar-refractivity contribution in [2.75, 3.05) is 18.0 Å². The van der Waals surface area contributed by atoms with E-state index in [1.165, 1.54) is 11.6 Å². The van der Waals surface area contributed by atoms with E-state index >= 15 is 0 Å². The number of nitrogens with zero attached hydrogens (tertiary/aromatic N) is 2. The molecule has 1 atom stereocenters. The zero-order valence-corrected chi connectivity index (χ0v) is 17.8. The molecule has 4 nitrogen and oxygen atoms in total. The first-order valence-corrected chi connectivity index (χ1v) is 10.7.